The van der Waals surface area contributed by atoms with E-state index in [1.54, 1.807) is 7.11 Å². The molecule has 1 aliphatic heterocycles. The molecule has 178 valence electrons. The molecular formula is C23H40IN3O4. The van der Waals surface area contributed by atoms with Gasteiger partial charge >= 0.3 is 0 Å². The standard InChI is InChI=1S/C23H39N3O4.HI/c1-6-24-22(26-16-18-8-7-12-30-21(18)23(2,3)4)25-15-17-9-10-19(29-13-11-27)20(14-17)28-5;/h9-10,14,18,21,27H,6-8,11-13,15-16H2,1-5H3,(H2,24,25,26);1H. The van der Waals surface area contributed by atoms with E-state index in [4.69, 9.17) is 24.3 Å². The van der Waals surface area contributed by atoms with E-state index in [-0.39, 0.29) is 48.7 Å². The summed E-state index contributed by atoms with van der Waals surface area (Å²) in [6.45, 7) is 12.0. The fourth-order valence-electron chi connectivity index (χ4n) is 3.83. The number of hydrogen-bond donors (Lipinski definition) is 3. The predicted molar refractivity (Wildman–Crippen MR) is 136 cm³/mol. The van der Waals surface area contributed by atoms with Crippen LogP contribution in [0.2, 0.25) is 0 Å². The Labute approximate surface area is 204 Å². The molecule has 2 unspecified atom stereocenters. The summed E-state index contributed by atoms with van der Waals surface area (Å²) in [4.78, 5) is 4.74. The molecule has 1 aliphatic rings. The van der Waals surface area contributed by atoms with E-state index in [1.165, 1.54) is 6.42 Å². The highest BCUT2D eigenvalue weighted by Gasteiger charge is 2.35. The maximum atomic E-state index is 8.94. The van der Waals surface area contributed by atoms with Crippen LogP contribution in [0, 0.1) is 11.3 Å². The van der Waals surface area contributed by atoms with Gasteiger partial charge in [0.05, 0.1) is 26.4 Å². The summed E-state index contributed by atoms with van der Waals surface area (Å²) in [5.41, 5.74) is 1.15. The van der Waals surface area contributed by atoms with Crippen LogP contribution < -0.4 is 20.1 Å². The van der Waals surface area contributed by atoms with Crippen molar-refractivity contribution in [1.29, 1.82) is 0 Å². The van der Waals surface area contributed by atoms with E-state index >= 15 is 0 Å². The first-order chi connectivity index (χ1) is 14.4. The first-order valence-corrected chi connectivity index (χ1v) is 10.9. The highest BCUT2D eigenvalue weighted by molar-refractivity contribution is 14.0. The molecule has 1 aromatic carbocycles. The van der Waals surface area contributed by atoms with Crippen molar-refractivity contribution >= 4 is 29.9 Å². The fourth-order valence-corrected chi connectivity index (χ4v) is 3.83. The second-order valence-electron chi connectivity index (χ2n) is 8.69. The second kappa shape index (κ2) is 14.0. The number of halogens is 1. The summed E-state index contributed by atoms with van der Waals surface area (Å²) in [7, 11) is 1.61. The summed E-state index contributed by atoms with van der Waals surface area (Å²) < 4.78 is 17.0. The third-order valence-electron chi connectivity index (χ3n) is 5.17. The number of hydrogen-bond acceptors (Lipinski definition) is 5. The van der Waals surface area contributed by atoms with E-state index in [9.17, 15) is 0 Å². The van der Waals surface area contributed by atoms with Gasteiger partial charge in [0, 0.05) is 25.6 Å². The van der Waals surface area contributed by atoms with Gasteiger partial charge in [-0.3, -0.25) is 0 Å². The number of rotatable bonds is 9. The number of aliphatic imine (C=N–C) groups is 1. The van der Waals surface area contributed by atoms with E-state index in [0.717, 1.165) is 37.6 Å². The van der Waals surface area contributed by atoms with Crippen molar-refractivity contribution in [1.82, 2.24) is 10.6 Å². The summed E-state index contributed by atoms with van der Waals surface area (Å²) in [6.07, 6.45) is 2.52. The number of methoxy groups -OCH3 is 1. The van der Waals surface area contributed by atoms with Crippen LogP contribution in [0.5, 0.6) is 11.5 Å². The lowest BCUT2D eigenvalue weighted by Gasteiger charge is -2.40. The zero-order chi connectivity index (χ0) is 22.0. The quantitative estimate of drug-likeness (QED) is 0.248. The maximum Gasteiger partial charge on any atom is 0.191 e. The van der Waals surface area contributed by atoms with E-state index < -0.39 is 0 Å². The SMILES string of the molecule is CCNC(=NCc1ccc(OCCO)c(OC)c1)NCC1CCCOC1C(C)(C)C.I. The van der Waals surface area contributed by atoms with Gasteiger partial charge in [-0.25, -0.2) is 4.99 Å². The van der Waals surface area contributed by atoms with Crippen molar-refractivity contribution in [2.45, 2.75) is 53.2 Å². The van der Waals surface area contributed by atoms with Crippen LogP contribution in [0.15, 0.2) is 23.2 Å². The molecule has 3 N–H and O–H groups in total. The minimum absolute atomic E-state index is 0. The van der Waals surface area contributed by atoms with Crippen LogP contribution in [0.1, 0.15) is 46.1 Å². The molecule has 1 fully saturated rings. The Kier molecular flexibility index (Phi) is 12.5. The molecular weight excluding hydrogens is 509 g/mol. The molecule has 0 bridgehead atoms. The minimum Gasteiger partial charge on any atom is -0.493 e. The molecule has 2 atom stereocenters. The Morgan fingerprint density at radius 2 is 2.03 bits per heavy atom. The highest BCUT2D eigenvalue weighted by atomic mass is 127. The molecule has 31 heavy (non-hydrogen) atoms. The maximum absolute atomic E-state index is 8.94. The molecule has 1 heterocycles. The third kappa shape index (κ3) is 9.02. The number of aliphatic hydroxyl groups excluding tert-OH is 1. The van der Waals surface area contributed by atoms with Crippen molar-refractivity contribution in [2.24, 2.45) is 16.3 Å². The predicted octanol–water partition coefficient (Wildman–Crippen LogP) is 3.58. The molecule has 1 aromatic rings. The minimum atomic E-state index is -0.0327. The number of benzene rings is 1. The molecule has 0 aliphatic carbocycles. The number of nitrogens with one attached hydrogen (secondary N) is 2. The Morgan fingerprint density at radius 1 is 1.26 bits per heavy atom. The Bertz CT molecular complexity index is 679. The fraction of sp³-hybridized carbons (Fsp3) is 0.696. The van der Waals surface area contributed by atoms with Crippen LogP contribution in [-0.2, 0) is 11.3 Å². The van der Waals surface area contributed by atoms with Gasteiger partial charge in [0.2, 0.25) is 0 Å². The van der Waals surface area contributed by atoms with Crippen LogP contribution in [0.3, 0.4) is 0 Å². The lowest BCUT2D eigenvalue weighted by Crippen LogP contribution is -2.47. The van der Waals surface area contributed by atoms with Gasteiger partial charge in [-0.1, -0.05) is 26.8 Å². The summed E-state index contributed by atoms with van der Waals surface area (Å²) in [5, 5.41) is 15.8. The molecule has 1 saturated heterocycles. The van der Waals surface area contributed by atoms with Crippen molar-refractivity contribution in [3.8, 4) is 11.5 Å². The first-order valence-electron chi connectivity index (χ1n) is 10.9. The van der Waals surface area contributed by atoms with Crippen molar-refractivity contribution in [2.75, 3.05) is 40.0 Å². The Balaban J connectivity index is 0.00000480. The van der Waals surface area contributed by atoms with E-state index in [2.05, 4.69) is 38.3 Å². The van der Waals surface area contributed by atoms with Gasteiger partial charge in [-0.05, 0) is 42.9 Å². The molecule has 8 heteroatoms. The summed E-state index contributed by atoms with van der Waals surface area (Å²) in [5.74, 6) is 2.53. The molecule has 0 saturated carbocycles. The number of aliphatic hydroxyl groups is 1. The smallest absolute Gasteiger partial charge is 0.191 e. The molecule has 0 aromatic heterocycles. The van der Waals surface area contributed by atoms with Gasteiger partial charge in [-0.2, -0.15) is 0 Å². The molecule has 0 radical (unpaired) electrons. The number of ether oxygens (including phenoxy) is 3. The van der Waals surface area contributed by atoms with Gasteiger partial charge < -0.3 is 30.0 Å². The number of nitrogens with zero attached hydrogens (tertiary/aromatic N) is 1. The lowest BCUT2D eigenvalue weighted by molar-refractivity contribution is -0.0835. The summed E-state index contributed by atoms with van der Waals surface area (Å²) in [6, 6.07) is 5.74. The monoisotopic (exact) mass is 549 g/mol. The van der Waals surface area contributed by atoms with Gasteiger partial charge in [0.25, 0.3) is 0 Å². The van der Waals surface area contributed by atoms with Crippen LogP contribution in [0.25, 0.3) is 0 Å². The molecule has 2 rings (SSSR count). The summed E-state index contributed by atoms with van der Waals surface area (Å²) >= 11 is 0. The topological polar surface area (TPSA) is 84.3 Å². The van der Waals surface area contributed by atoms with E-state index in [1.807, 2.05) is 18.2 Å². The number of guanidine groups is 1. The lowest BCUT2D eigenvalue weighted by atomic mass is 9.78. The van der Waals surface area contributed by atoms with Crippen molar-refractivity contribution in [3.63, 3.8) is 0 Å². The first kappa shape index (κ1) is 27.8. The average molecular weight is 549 g/mol. The Hall–Kier alpha value is -1.26. The van der Waals surface area contributed by atoms with Gasteiger partial charge in [0.15, 0.2) is 17.5 Å². The zero-order valence-electron chi connectivity index (χ0n) is 19.6. The van der Waals surface area contributed by atoms with Crippen LogP contribution in [0.4, 0.5) is 0 Å². The van der Waals surface area contributed by atoms with Gasteiger partial charge in [0.1, 0.15) is 6.61 Å². The average Bonchev–Trinajstić information content (AvgIpc) is 2.74. The molecule has 0 amide bonds. The van der Waals surface area contributed by atoms with Crippen LogP contribution >= 0.6 is 24.0 Å². The van der Waals surface area contributed by atoms with Crippen LogP contribution in [-0.4, -0.2) is 57.2 Å². The highest BCUT2D eigenvalue weighted by Crippen LogP contribution is 2.33. The Morgan fingerprint density at radius 3 is 2.68 bits per heavy atom. The second-order valence-corrected chi connectivity index (χ2v) is 8.69. The van der Waals surface area contributed by atoms with Gasteiger partial charge in [-0.15, -0.1) is 24.0 Å². The molecule has 0 spiro atoms. The molecule has 7 nitrogen and oxygen atoms in total. The zero-order valence-corrected chi connectivity index (χ0v) is 21.9. The van der Waals surface area contributed by atoms with Crippen molar-refractivity contribution in [3.05, 3.63) is 23.8 Å². The van der Waals surface area contributed by atoms with E-state index in [0.29, 0.717) is 24.0 Å². The third-order valence-corrected chi connectivity index (χ3v) is 5.17. The normalized spacial score (nSPS) is 19.4. The van der Waals surface area contributed by atoms with Crippen molar-refractivity contribution < 1.29 is 19.3 Å². The largest absolute Gasteiger partial charge is 0.493 e.